The summed E-state index contributed by atoms with van der Waals surface area (Å²) in [5.41, 5.74) is 1.07. The van der Waals surface area contributed by atoms with Crippen molar-refractivity contribution in [3.8, 4) is 11.5 Å². The molecule has 2 rings (SSSR count). The molecular weight excluding hydrogens is 292 g/mol. The number of hydrogen-bond acceptors (Lipinski definition) is 5. The molecule has 1 saturated heterocycles. The Morgan fingerprint density at radius 2 is 2.13 bits per heavy atom. The van der Waals surface area contributed by atoms with Gasteiger partial charge in [0.05, 0.1) is 25.4 Å². The number of aliphatic hydroxyl groups is 1. The molecule has 0 radical (unpaired) electrons. The highest BCUT2D eigenvalue weighted by molar-refractivity contribution is 5.44. The molecule has 1 aromatic rings. The number of nitrogens with zero attached hydrogens (tertiary/aromatic N) is 1. The van der Waals surface area contributed by atoms with Gasteiger partial charge in [-0.05, 0) is 45.4 Å². The van der Waals surface area contributed by atoms with Crippen molar-refractivity contribution in [2.75, 3.05) is 32.8 Å². The molecule has 1 aromatic carbocycles. The Kier molecular flexibility index (Phi) is 6.69. The second-order valence-electron chi connectivity index (χ2n) is 6.35. The zero-order chi connectivity index (χ0) is 16.8. The van der Waals surface area contributed by atoms with Gasteiger partial charge in [-0.1, -0.05) is 6.07 Å². The molecule has 130 valence electrons. The summed E-state index contributed by atoms with van der Waals surface area (Å²) in [6.45, 7) is 11.6. The van der Waals surface area contributed by atoms with Crippen LogP contribution >= 0.6 is 0 Å². The predicted octanol–water partition coefficient (Wildman–Crippen LogP) is 2.20. The van der Waals surface area contributed by atoms with E-state index in [1.807, 2.05) is 39.0 Å². The highest BCUT2D eigenvalue weighted by Gasteiger charge is 2.25. The van der Waals surface area contributed by atoms with Crippen molar-refractivity contribution in [2.24, 2.45) is 0 Å². The summed E-state index contributed by atoms with van der Waals surface area (Å²) >= 11 is 0. The molecule has 0 saturated carbocycles. The molecule has 1 aliphatic rings. The largest absolute Gasteiger partial charge is 0.490 e. The maximum Gasteiger partial charge on any atom is 0.161 e. The maximum absolute atomic E-state index is 9.92. The molecule has 5 nitrogen and oxygen atoms in total. The lowest BCUT2D eigenvalue weighted by Gasteiger charge is -2.37. The minimum atomic E-state index is -0.00754. The van der Waals surface area contributed by atoms with Crippen molar-refractivity contribution in [3.63, 3.8) is 0 Å². The Labute approximate surface area is 139 Å². The first-order valence-electron chi connectivity index (χ1n) is 8.56. The van der Waals surface area contributed by atoms with E-state index in [4.69, 9.17) is 9.47 Å². The summed E-state index contributed by atoms with van der Waals surface area (Å²) in [7, 11) is 0. The average Bonchev–Trinajstić information content (AvgIpc) is 2.50. The van der Waals surface area contributed by atoms with Crippen LogP contribution in [0.15, 0.2) is 18.2 Å². The van der Waals surface area contributed by atoms with Crippen molar-refractivity contribution < 1.29 is 14.6 Å². The summed E-state index contributed by atoms with van der Waals surface area (Å²) in [4.78, 5) is 2.33. The van der Waals surface area contributed by atoms with Crippen LogP contribution < -0.4 is 14.8 Å². The third-order valence-corrected chi connectivity index (χ3v) is 4.03. The molecule has 5 heteroatoms. The highest BCUT2D eigenvalue weighted by atomic mass is 16.5. The van der Waals surface area contributed by atoms with E-state index in [-0.39, 0.29) is 18.8 Å². The van der Waals surface area contributed by atoms with Crippen molar-refractivity contribution in [2.45, 2.75) is 45.9 Å². The normalized spacial score (nSPS) is 20.5. The van der Waals surface area contributed by atoms with Gasteiger partial charge in [-0.3, -0.25) is 4.90 Å². The van der Waals surface area contributed by atoms with E-state index in [1.54, 1.807) is 0 Å². The Bertz CT molecular complexity index is 493. The van der Waals surface area contributed by atoms with Gasteiger partial charge in [0.15, 0.2) is 11.5 Å². The molecular formula is C18H30N2O3. The van der Waals surface area contributed by atoms with Gasteiger partial charge in [0.2, 0.25) is 0 Å². The molecule has 23 heavy (non-hydrogen) atoms. The number of aliphatic hydroxyl groups excluding tert-OH is 1. The van der Waals surface area contributed by atoms with Gasteiger partial charge in [-0.25, -0.2) is 0 Å². The molecule has 1 aliphatic heterocycles. The second-order valence-corrected chi connectivity index (χ2v) is 6.35. The third kappa shape index (κ3) is 4.83. The molecule has 1 fully saturated rings. The topological polar surface area (TPSA) is 54.0 Å². The highest BCUT2D eigenvalue weighted by Crippen LogP contribution is 2.33. The van der Waals surface area contributed by atoms with E-state index in [2.05, 4.69) is 17.1 Å². The minimum absolute atomic E-state index is 0.00754. The van der Waals surface area contributed by atoms with Gasteiger partial charge in [-0.15, -0.1) is 0 Å². The van der Waals surface area contributed by atoms with Gasteiger partial charge >= 0.3 is 0 Å². The first-order chi connectivity index (χ1) is 11.0. The van der Waals surface area contributed by atoms with Crippen LogP contribution in [-0.4, -0.2) is 55.0 Å². The van der Waals surface area contributed by atoms with Gasteiger partial charge < -0.3 is 19.9 Å². The molecule has 0 aromatic heterocycles. The van der Waals surface area contributed by atoms with Crippen molar-refractivity contribution in [1.82, 2.24) is 10.2 Å². The summed E-state index contributed by atoms with van der Waals surface area (Å²) in [5, 5.41) is 13.4. The number of piperazine rings is 1. The van der Waals surface area contributed by atoms with E-state index < -0.39 is 0 Å². The van der Waals surface area contributed by atoms with E-state index in [0.717, 1.165) is 36.7 Å². The summed E-state index contributed by atoms with van der Waals surface area (Å²) in [5.74, 6) is 1.51. The zero-order valence-corrected chi connectivity index (χ0v) is 14.7. The van der Waals surface area contributed by atoms with Crippen LogP contribution in [0, 0.1) is 0 Å². The van der Waals surface area contributed by atoms with Crippen molar-refractivity contribution in [1.29, 1.82) is 0 Å². The van der Waals surface area contributed by atoms with Gasteiger partial charge in [-0.2, -0.15) is 0 Å². The fraction of sp³-hybridized carbons (Fsp3) is 0.667. The van der Waals surface area contributed by atoms with E-state index in [1.165, 1.54) is 0 Å². The molecule has 0 spiro atoms. The van der Waals surface area contributed by atoms with Crippen LogP contribution in [0.2, 0.25) is 0 Å². The summed E-state index contributed by atoms with van der Waals surface area (Å²) in [6.07, 6.45) is 0.0997. The Morgan fingerprint density at radius 1 is 1.35 bits per heavy atom. The van der Waals surface area contributed by atoms with Gasteiger partial charge in [0.25, 0.3) is 0 Å². The molecule has 1 heterocycles. The average molecular weight is 322 g/mol. The SMILES string of the molecule is CCOc1cc(C(CO)N2CCNC(C)C2)ccc1OC(C)C. The summed E-state index contributed by atoms with van der Waals surface area (Å²) in [6, 6.07) is 6.43. The quantitative estimate of drug-likeness (QED) is 0.806. The monoisotopic (exact) mass is 322 g/mol. The maximum atomic E-state index is 9.92. The molecule has 2 N–H and O–H groups in total. The van der Waals surface area contributed by atoms with Crippen LogP contribution in [0.1, 0.15) is 39.3 Å². The van der Waals surface area contributed by atoms with Gasteiger partial charge in [0.1, 0.15) is 0 Å². The van der Waals surface area contributed by atoms with Crippen LogP contribution in [0.25, 0.3) is 0 Å². The fourth-order valence-electron chi connectivity index (χ4n) is 3.03. The van der Waals surface area contributed by atoms with Crippen LogP contribution in [0.3, 0.4) is 0 Å². The molecule has 2 atom stereocenters. The minimum Gasteiger partial charge on any atom is -0.490 e. The lowest BCUT2D eigenvalue weighted by atomic mass is 10.0. The first kappa shape index (κ1) is 18.0. The number of benzene rings is 1. The third-order valence-electron chi connectivity index (χ3n) is 4.03. The molecule has 0 bridgehead atoms. The molecule has 2 unspecified atom stereocenters. The number of ether oxygens (including phenoxy) is 2. The second kappa shape index (κ2) is 8.52. The number of hydrogen-bond donors (Lipinski definition) is 2. The lowest BCUT2D eigenvalue weighted by Crippen LogP contribution is -2.50. The fourth-order valence-corrected chi connectivity index (χ4v) is 3.03. The molecule has 0 aliphatic carbocycles. The van der Waals surface area contributed by atoms with Crippen LogP contribution in [0.4, 0.5) is 0 Å². The van der Waals surface area contributed by atoms with Crippen LogP contribution in [0.5, 0.6) is 11.5 Å². The standard InChI is InChI=1S/C18H30N2O3/c1-5-22-18-10-15(6-7-17(18)23-13(2)3)16(12-21)20-9-8-19-14(4)11-20/h6-7,10,13-14,16,19,21H,5,8-9,11-12H2,1-4H3. The Morgan fingerprint density at radius 3 is 2.74 bits per heavy atom. The number of rotatable bonds is 7. The number of nitrogens with one attached hydrogen (secondary N) is 1. The Hall–Kier alpha value is -1.30. The van der Waals surface area contributed by atoms with E-state index in [0.29, 0.717) is 12.6 Å². The van der Waals surface area contributed by atoms with E-state index >= 15 is 0 Å². The van der Waals surface area contributed by atoms with Gasteiger partial charge in [0, 0.05) is 25.7 Å². The van der Waals surface area contributed by atoms with Crippen LogP contribution in [-0.2, 0) is 0 Å². The van der Waals surface area contributed by atoms with Crippen molar-refractivity contribution >= 4 is 0 Å². The Balaban J connectivity index is 2.23. The smallest absolute Gasteiger partial charge is 0.161 e. The lowest BCUT2D eigenvalue weighted by molar-refractivity contribution is 0.0960. The molecule has 0 amide bonds. The first-order valence-corrected chi connectivity index (χ1v) is 8.56. The summed E-state index contributed by atoms with van der Waals surface area (Å²) < 4.78 is 11.6. The van der Waals surface area contributed by atoms with E-state index in [9.17, 15) is 5.11 Å². The van der Waals surface area contributed by atoms with Crippen molar-refractivity contribution in [3.05, 3.63) is 23.8 Å². The predicted molar refractivity (Wildman–Crippen MR) is 92.2 cm³/mol. The zero-order valence-electron chi connectivity index (χ0n) is 14.7.